The number of pyridine rings is 1. The second-order valence-corrected chi connectivity index (χ2v) is 3.04. The summed E-state index contributed by atoms with van der Waals surface area (Å²) >= 11 is 0. The van der Waals surface area contributed by atoms with Gasteiger partial charge in [0.15, 0.2) is 0 Å². The first-order chi connectivity index (χ1) is 7.33. The molecule has 0 aromatic carbocycles. The van der Waals surface area contributed by atoms with E-state index < -0.39 is 0 Å². The summed E-state index contributed by atoms with van der Waals surface area (Å²) in [6.45, 7) is 4.49. The van der Waals surface area contributed by atoms with Crippen LogP contribution in [0, 0.1) is 6.92 Å². The van der Waals surface area contributed by atoms with Crippen LogP contribution in [-0.2, 0) is 0 Å². The third-order valence-corrected chi connectivity index (χ3v) is 2.08. The Morgan fingerprint density at radius 1 is 1.40 bits per heavy atom. The topological polar surface area (TPSA) is 52.8 Å². The standard InChI is InChI=1S/C10H12N4O/c1-3-15-10-8(2)9(4-5-11-10)14-7-6-12-13-14/h4-7H,3H2,1-2H3. The summed E-state index contributed by atoms with van der Waals surface area (Å²) in [5.74, 6) is 0.644. The highest BCUT2D eigenvalue weighted by Crippen LogP contribution is 2.20. The van der Waals surface area contributed by atoms with E-state index in [0.717, 1.165) is 11.3 Å². The van der Waals surface area contributed by atoms with Crippen molar-refractivity contribution in [3.05, 3.63) is 30.2 Å². The lowest BCUT2D eigenvalue weighted by Gasteiger charge is -2.09. The van der Waals surface area contributed by atoms with Gasteiger partial charge < -0.3 is 4.74 Å². The number of rotatable bonds is 3. The van der Waals surface area contributed by atoms with E-state index in [0.29, 0.717) is 12.5 Å². The maximum absolute atomic E-state index is 5.40. The van der Waals surface area contributed by atoms with Gasteiger partial charge in [0.2, 0.25) is 5.88 Å². The van der Waals surface area contributed by atoms with Gasteiger partial charge in [-0.2, -0.15) is 0 Å². The summed E-state index contributed by atoms with van der Waals surface area (Å²) in [5.41, 5.74) is 1.90. The SMILES string of the molecule is CCOc1nccc(-n2ccnn2)c1C. The van der Waals surface area contributed by atoms with Gasteiger partial charge in [0.05, 0.1) is 24.7 Å². The largest absolute Gasteiger partial charge is 0.478 e. The van der Waals surface area contributed by atoms with Crippen LogP contribution in [0.3, 0.4) is 0 Å². The smallest absolute Gasteiger partial charge is 0.218 e. The Morgan fingerprint density at radius 2 is 2.27 bits per heavy atom. The number of hydrogen-bond donors (Lipinski definition) is 0. The lowest BCUT2D eigenvalue weighted by atomic mass is 10.2. The third kappa shape index (κ3) is 1.81. The average Bonchev–Trinajstić information content (AvgIpc) is 2.74. The molecule has 0 atom stereocenters. The maximum Gasteiger partial charge on any atom is 0.218 e. The lowest BCUT2D eigenvalue weighted by Crippen LogP contribution is -2.03. The van der Waals surface area contributed by atoms with Crippen LogP contribution in [0.2, 0.25) is 0 Å². The van der Waals surface area contributed by atoms with Crippen LogP contribution in [-0.4, -0.2) is 26.6 Å². The van der Waals surface area contributed by atoms with E-state index in [9.17, 15) is 0 Å². The maximum atomic E-state index is 5.40. The van der Waals surface area contributed by atoms with E-state index in [1.54, 1.807) is 23.3 Å². The Balaban J connectivity index is 2.45. The molecular weight excluding hydrogens is 192 g/mol. The van der Waals surface area contributed by atoms with E-state index in [1.807, 2.05) is 19.9 Å². The molecule has 0 unspecified atom stereocenters. The minimum atomic E-state index is 0.606. The molecule has 0 aliphatic heterocycles. The van der Waals surface area contributed by atoms with Gasteiger partial charge in [-0.25, -0.2) is 9.67 Å². The first kappa shape index (κ1) is 9.64. The van der Waals surface area contributed by atoms with Crippen molar-refractivity contribution in [1.29, 1.82) is 0 Å². The fraction of sp³-hybridized carbons (Fsp3) is 0.300. The zero-order valence-electron chi connectivity index (χ0n) is 8.71. The van der Waals surface area contributed by atoms with Gasteiger partial charge in [-0.3, -0.25) is 0 Å². The van der Waals surface area contributed by atoms with Crippen molar-refractivity contribution in [3.63, 3.8) is 0 Å². The summed E-state index contributed by atoms with van der Waals surface area (Å²) in [6.07, 6.45) is 5.13. The Hall–Kier alpha value is -1.91. The van der Waals surface area contributed by atoms with Crippen molar-refractivity contribution in [2.45, 2.75) is 13.8 Å². The molecule has 2 aromatic heterocycles. The average molecular weight is 204 g/mol. The van der Waals surface area contributed by atoms with Crippen molar-refractivity contribution in [3.8, 4) is 11.6 Å². The molecule has 0 radical (unpaired) electrons. The molecule has 5 heteroatoms. The van der Waals surface area contributed by atoms with Crippen LogP contribution in [0.4, 0.5) is 0 Å². The molecule has 0 N–H and O–H groups in total. The molecule has 2 aromatic rings. The van der Waals surface area contributed by atoms with Crippen LogP contribution < -0.4 is 4.74 Å². The Kier molecular flexibility index (Phi) is 2.62. The summed E-state index contributed by atoms with van der Waals surface area (Å²) in [7, 11) is 0. The van der Waals surface area contributed by atoms with Crippen molar-refractivity contribution in [2.75, 3.05) is 6.61 Å². The molecule has 5 nitrogen and oxygen atoms in total. The highest BCUT2D eigenvalue weighted by Gasteiger charge is 2.07. The molecular formula is C10H12N4O. The normalized spacial score (nSPS) is 10.3. The third-order valence-electron chi connectivity index (χ3n) is 2.08. The van der Waals surface area contributed by atoms with Crippen LogP contribution in [0.1, 0.15) is 12.5 Å². The fourth-order valence-electron chi connectivity index (χ4n) is 1.37. The van der Waals surface area contributed by atoms with E-state index in [2.05, 4.69) is 15.3 Å². The molecule has 0 aliphatic rings. The highest BCUT2D eigenvalue weighted by molar-refractivity contribution is 5.43. The van der Waals surface area contributed by atoms with E-state index in [4.69, 9.17) is 4.74 Å². The van der Waals surface area contributed by atoms with E-state index in [1.165, 1.54) is 0 Å². The van der Waals surface area contributed by atoms with Gasteiger partial charge >= 0.3 is 0 Å². The van der Waals surface area contributed by atoms with Gasteiger partial charge in [-0.1, -0.05) is 5.21 Å². The first-order valence-corrected chi connectivity index (χ1v) is 4.78. The predicted molar refractivity (Wildman–Crippen MR) is 55.1 cm³/mol. The lowest BCUT2D eigenvalue weighted by molar-refractivity contribution is 0.324. The van der Waals surface area contributed by atoms with Gasteiger partial charge in [-0.05, 0) is 19.9 Å². The zero-order chi connectivity index (χ0) is 10.7. The first-order valence-electron chi connectivity index (χ1n) is 4.78. The Morgan fingerprint density at radius 3 is 2.93 bits per heavy atom. The van der Waals surface area contributed by atoms with Gasteiger partial charge in [0, 0.05) is 11.8 Å². The fourth-order valence-corrected chi connectivity index (χ4v) is 1.37. The zero-order valence-corrected chi connectivity index (χ0v) is 8.71. The number of aromatic nitrogens is 4. The van der Waals surface area contributed by atoms with Crippen LogP contribution >= 0.6 is 0 Å². The number of hydrogen-bond acceptors (Lipinski definition) is 4. The van der Waals surface area contributed by atoms with Crippen LogP contribution in [0.5, 0.6) is 5.88 Å². The molecule has 0 fully saturated rings. The monoisotopic (exact) mass is 204 g/mol. The molecule has 2 rings (SSSR count). The minimum absolute atomic E-state index is 0.606. The van der Waals surface area contributed by atoms with Crippen LogP contribution in [0.25, 0.3) is 5.69 Å². The summed E-state index contributed by atoms with van der Waals surface area (Å²) in [5, 5.41) is 7.70. The molecule has 0 aliphatic carbocycles. The molecule has 0 amide bonds. The van der Waals surface area contributed by atoms with Crippen molar-refractivity contribution < 1.29 is 4.74 Å². The highest BCUT2D eigenvalue weighted by atomic mass is 16.5. The predicted octanol–water partition coefficient (Wildman–Crippen LogP) is 1.37. The molecule has 15 heavy (non-hydrogen) atoms. The molecule has 2 heterocycles. The Labute approximate surface area is 87.7 Å². The van der Waals surface area contributed by atoms with E-state index >= 15 is 0 Å². The molecule has 78 valence electrons. The van der Waals surface area contributed by atoms with Crippen molar-refractivity contribution in [1.82, 2.24) is 20.0 Å². The van der Waals surface area contributed by atoms with Gasteiger partial charge in [0.25, 0.3) is 0 Å². The second-order valence-electron chi connectivity index (χ2n) is 3.04. The van der Waals surface area contributed by atoms with Crippen molar-refractivity contribution >= 4 is 0 Å². The van der Waals surface area contributed by atoms with E-state index in [-0.39, 0.29) is 0 Å². The number of nitrogens with zero attached hydrogens (tertiary/aromatic N) is 4. The second kappa shape index (κ2) is 4.08. The summed E-state index contributed by atoms with van der Waals surface area (Å²) in [6, 6.07) is 1.88. The Bertz CT molecular complexity index is 439. The van der Waals surface area contributed by atoms with Crippen LogP contribution in [0.15, 0.2) is 24.7 Å². The molecule has 0 spiro atoms. The van der Waals surface area contributed by atoms with Crippen molar-refractivity contribution in [2.24, 2.45) is 0 Å². The molecule has 0 saturated carbocycles. The minimum Gasteiger partial charge on any atom is -0.478 e. The quantitative estimate of drug-likeness (QED) is 0.757. The molecule has 0 bridgehead atoms. The summed E-state index contributed by atoms with van der Waals surface area (Å²) < 4.78 is 7.10. The number of ether oxygens (including phenoxy) is 1. The van der Waals surface area contributed by atoms with Gasteiger partial charge in [0.1, 0.15) is 0 Å². The van der Waals surface area contributed by atoms with Gasteiger partial charge in [-0.15, -0.1) is 5.10 Å². The summed E-state index contributed by atoms with van der Waals surface area (Å²) in [4.78, 5) is 4.15. The molecule has 0 saturated heterocycles.